The predicted molar refractivity (Wildman–Crippen MR) is 77.3 cm³/mol. The third-order valence-electron chi connectivity index (χ3n) is 5.05. The van der Waals surface area contributed by atoms with Gasteiger partial charge in [0.25, 0.3) is 0 Å². The number of nitrogens with one attached hydrogen (secondary N) is 1. The first-order valence-electron chi connectivity index (χ1n) is 7.15. The van der Waals surface area contributed by atoms with Crippen LogP contribution in [0.2, 0.25) is 0 Å². The van der Waals surface area contributed by atoms with Crippen LogP contribution in [0.3, 0.4) is 0 Å². The first-order valence-corrected chi connectivity index (χ1v) is 7.15. The summed E-state index contributed by atoms with van der Waals surface area (Å²) in [6.45, 7) is 4.30. The van der Waals surface area contributed by atoms with Gasteiger partial charge in [-0.3, -0.25) is 0 Å². The molecule has 1 amide bonds. The second-order valence-corrected chi connectivity index (χ2v) is 6.01. The number of hydrogen-bond acceptors (Lipinski definition) is 4. The minimum atomic E-state index is -0.815. The number of fused-ring (bicyclic) bond motifs is 1. The van der Waals surface area contributed by atoms with E-state index in [0.717, 1.165) is 29.8 Å². The fourth-order valence-corrected chi connectivity index (χ4v) is 3.78. The summed E-state index contributed by atoms with van der Waals surface area (Å²) in [6.07, 6.45) is 3.45. The van der Waals surface area contributed by atoms with Crippen molar-refractivity contribution < 1.29 is 9.90 Å². The minimum absolute atomic E-state index is 0.251. The zero-order valence-corrected chi connectivity index (χ0v) is 11.8. The van der Waals surface area contributed by atoms with Crippen LogP contribution < -0.4 is 4.90 Å². The molecule has 7 heteroatoms. The van der Waals surface area contributed by atoms with E-state index in [4.69, 9.17) is 0 Å². The number of amides is 1. The highest BCUT2D eigenvalue weighted by atomic mass is 16.4. The fraction of sp³-hybridized carbons (Fsp3) is 0.500. The van der Waals surface area contributed by atoms with Crippen LogP contribution >= 0.6 is 0 Å². The van der Waals surface area contributed by atoms with Crippen molar-refractivity contribution in [2.45, 2.75) is 18.9 Å². The molecule has 2 fully saturated rings. The van der Waals surface area contributed by atoms with Crippen LogP contribution in [0, 0.1) is 5.92 Å². The summed E-state index contributed by atoms with van der Waals surface area (Å²) in [7, 11) is 0. The van der Waals surface area contributed by atoms with E-state index in [1.165, 1.54) is 0 Å². The topological polar surface area (TPSA) is 85.3 Å². The van der Waals surface area contributed by atoms with E-state index in [-0.39, 0.29) is 5.54 Å². The third kappa shape index (κ3) is 1.57. The van der Waals surface area contributed by atoms with Gasteiger partial charge in [0.1, 0.15) is 17.8 Å². The second kappa shape index (κ2) is 4.09. The van der Waals surface area contributed by atoms with Gasteiger partial charge in [-0.05, 0) is 18.4 Å². The quantitative estimate of drug-likeness (QED) is 0.831. The lowest BCUT2D eigenvalue weighted by Crippen LogP contribution is -2.69. The van der Waals surface area contributed by atoms with E-state index in [9.17, 15) is 9.90 Å². The molecule has 1 spiro atoms. The Hall–Kier alpha value is -2.31. The number of H-pyrrole nitrogens is 1. The maximum absolute atomic E-state index is 11.4. The highest BCUT2D eigenvalue weighted by Gasteiger charge is 2.57. The second-order valence-electron chi connectivity index (χ2n) is 6.01. The maximum Gasteiger partial charge on any atom is 0.407 e. The summed E-state index contributed by atoms with van der Waals surface area (Å²) < 4.78 is 0. The number of carboxylic acid groups (broad SMARTS) is 1. The van der Waals surface area contributed by atoms with Crippen LogP contribution in [0.5, 0.6) is 0 Å². The number of carbonyl (C=O) groups is 1. The van der Waals surface area contributed by atoms with Crippen molar-refractivity contribution in [3.05, 3.63) is 18.6 Å². The molecule has 2 aliphatic rings. The lowest BCUT2D eigenvalue weighted by Gasteiger charge is -2.54. The normalized spacial score (nSPS) is 28.3. The Morgan fingerprint density at radius 2 is 2.38 bits per heavy atom. The van der Waals surface area contributed by atoms with Crippen molar-refractivity contribution >= 4 is 22.9 Å². The molecule has 4 rings (SSSR count). The molecule has 2 aliphatic heterocycles. The molecule has 2 saturated heterocycles. The summed E-state index contributed by atoms with van der Waals surface area (Å²) in [5, 5.41) is 10.3. The zero-order chi connectivity index (χ0) is 14.6. The van der Waals surface area contributed by atoms with Crippen LogP contribution in [0.15, 0.2) is 18.6 Å². The molecule has 2 aromatic heterocycles. The number of nitrogens with zero attached hydrogens (tertiary/aromatic N) is 4. The Kier molecular flexibility index (Phi) is 2.42. The molecule has 21 heavy (non-hydrogen) atoms. The van der Waals surface area contributed by atoms with Crippen LogP contribution in [-0.2, 0) is 0 Å². The van der Waals surface area contributed by atoms with Gasteiger partial charge in [0.05, 0.1) is 10.9 Å². The standard InChI is InChI=1S/C14H17N5O2/c1-9-6-19(13(20)21)14(9)3-5-18(7-14)12-10-2-4-15-11(10)16-8-17-12/h2,4,8-9H,3,5-7H2,1H3,(H,20,21)(H,15,16,17)/t9-,14-/m0/s1. The zero-order valence-electron chi connectivity index (χ0n) is 11.8. The Balaban J connectivity index is 1.67. The van der Waals surface area contributed by atoms with E-state index in [0.29, 0.717) is 19.0 Å². The van der Waals surface area contributed by atoms with Crippen molar-refractivity contribution in [1.29, 1.82) is 0 Å². The predicted octanol–water partition coefficient (Wildman–Crippen LogP) is 1.54. The van der Waals surface area contributed by atoms with Gasteiger partial charge in [-0.25, -0.2) is 14.8 Å². The van der Waals surface area contributed by atoms with E-state index in [1.807, 2.05) is 12.3 Å². The first kappa shape index (κ1) is 12.4. The molecule has 2 aromatic rings. The smallest absolute Gasteiger partial charge is 0.407 e. The average Bonchev–Trinajstić information content (AvgIpc) is 3.11. The fourth-order valence-electron chi connectivity index (χ4n) is 3.78. The van der Waals surface area contributed by atoms with Gasteiger partial charge in [-0.2, -0.15) is 0 Å². The van der Waals surface area contributed by atoms with Crippen molar-refractivity contribution in [3.63, 3.8) is 0 Å². The Morgan fingerprint density at radius 1 is 1.52 bits per heavy atom. The summed E-state index contributed by atoms with van der Waals surface area (Å²) in [4.78, 5) is 26.9. The lowest BCUT2D eigenvalue weighted by atomic mass is 9.74. The van der Waals surface area contributed by atoms with Gasteiger partial charge in [0.2, 0.25) is 0 Å². The molecule has 0 aliphatic carbocycles. The number of hydrogen-bond donors (Lipinski definition) is 2. The molecule has 0 saturated carbocycles. The van der Waals surface area contributed by atoms with Gasteiger partial charge < -0.3 is 19.9 Å². The molecule has 110 valence electrons. The monoisotopic (exact) mass is 287 g/mol. The number of aromatic nitrogens is 3. The number of likely N-dealkylation sites (tertiary alicyclic amines) is 1. The maximum atomic E-state index is 11.4. The highest BCUT2D eigenvalue weighted by molar-refractivity contribution is 5.87. The van der Waals surface area contributed by atoms with Crippen molar-refractivity contribution in [1.82, 2.24) is 19.9 Å². The highest BCUT2D eigenvalue weighted by Crippen LogP contribution is 2.44. The van der Waals surface area contributed by atoms with Gasteiger partial charge in [0.15, 0.2) is 0 Å². The van der Waals surface area contributed by atoms with E-state index < -0.39 is 6.09 Å². The SMILES string of the molecule is C[C@H]1CN(C(=O)O)[C@]12CCN(c1ncnc3[nH]ccc13)C2. The van der Waals surface area contributed by atoms with Crippen LogP contribution in [0.25, 0.3) is 11.0 Å². The van der Waals surface area contributed by atoms with E-state index in [2.05, 4.69) is 26.8 Å². The number of anilines is 1. The molecule has 0 radical (unpaired) electrons. The van der Waals surface area contributed by atoms with Crippen molar-refractivity contribution in [2.75, 3.05) is 24.5 Å². The van der Waals surface area contributed by atoms with Crippen molar-refractivity contribution in [3.8, 4) is 0 Å². The summed E-state index contributed by atoms with van der Waals surface area (Å²) in [5.74, 6) is 1.28. The molecule has 4 heterocycles. The lowest BCUT2D eigenvalue weighted by molar-refractivity contribution is -0.0380. The van der Waals surface area contributed by atoms with Gasteiger partial charge in [-0.15, -0.1) is 0 Å². The number of aromatic amines is 1. The minimum Gasteiger partial charge on any atom is -0.465 e. The summed E-state index contributed by atoms with van der Waals surface area (Å²) >= 11 is 0. The van der Waals surface area contributed by atoms with Crippen molar-refractivity contribution in [2.24, 2.45) is 5.92 Å². The summed E-state index contributed by atoms with van der Waals surface area (Å²) in [6, 6.07) is 1.97. The van der Waals surface area contributed by atoms with Crippen LogP contribution in [0.4, 0.5) is 10.6 Å². The third-order valence-corrected chi connectivity index (χ3v) is 5.05. The molecular weight excluding hydrogens is 270 g/mol. The van der Waals surface area contributed by atoms with E-state index >= 15 is 0 Å². The molecule has 2 N–H and O–H groups in total. The number of rotatable bonds is 1. The summed E-state index contributed by atoms with van der Waals surface area (Å²) in [5.41, 5.74) is 0.567. The van der Waals surface area contributed by atoms with E-state index in [1.54, 1.807) is 11.2 Å². The van der Waals surface area contributed by atoms with Gasteiger partial charge >= 0.3 is 6.09 Å². The largest absolute Gasteiger partial charge is 0.465 e. The molecule has 7 nitrogen and oxygen atoms in total. The molecule has 0 aromatic carbocycles. The van der Waals surface area contributed by atoms with Crippen LogP contribution in [-0.4, -0.2) is 56.2 Å². The van der Waals surface area contributed by atoms with Crippen LogP contribution in [0.1, 0.15) is 13.3 Å². The Labute approximate surface area is 121 Å². The first-order chi connectivity index (χ1) is 10.1. The molecule has 2 atom stereocenters. The molecular formula is C14H17N5O2. The Morgan fingerprint density at radius 3 is 3.14 bits per heavy atom. The average molecular weight is 287 g/mol. The molecule has 0 bridgehead atoms. The van der Waals surface area contributed by atoms with Gasteiger partial charge in [0, 0.05) is 25.8 Å². The van der Waals surface area contributed by atoms with Gasteiger partial charge in [-0.1, -0.05) is 6.92 Å². The molecule has 0 unspecified atom stereocenters. The Bertz CT molecular complexity index is 714.